The van der Waals surface area contributed by atoms with Crippen molar-refractivity contribution in [1.29, 1.82) is 0 Å². The smallest absolute Gasteiger partial charge is 0.310 e. The number of hydrogen-bond donors (Lipinski definition) is 1. The highest BCUT2D eigenvalue weighted by atomic mass is 16.5. The second-order valence-corrected chi connectivity index (χ2v) is 7.20. The predicted molar refractivity (Wildman–Crippen MR) is 88.6 cm³/mol. The van der Waals surface area contributed by atoms with Gasteiger partial charge in [-0.1, -0.05) is 31.6 Å². The molecule has 0 unspecified atom stereocenters. The molecule has 0 saturated heterocycles. The van der Waals surface area contributed by atoms with Crippen LogP contribution in [0.25, 0.3) is 0 Å². The summed E-state index contributed by atoms with van der Waals surface area (Å²) in [5.41, 5.74) is 2.26. The van der Waals surface area contributed by atoms with Crippen LogP contribution in [0.4, 0.5) is 0 Å². The lowest BCUT2D eigenvalue weighted by Crippen LogP contribution is -2.20. The lowest BCUT2D eigenvalue weighted by Gasteiger charge is -2.13. The Labute approximate surface area is 137 Å². The average Bonchev–Trinajstić information content (AvgIpc) is 2.92. The average molecular weight is 318 g/mol. The third-order valence-corrected chi connectivity index (χ3v) is 5.15. The molecule has 0 aliphatic heterocycles. The van der Waals surface area contributed by atoms with E-state index in [1.54, 1.807) is 6.08 Å². The van der Waals surface area contributed by atoms with Crippen molar-refractivity contribution in [3.05, 3.63) is 35.5 Å². The minimum Gasteiger partial charge on any atom is -0.457 e. The van der Waals surface area contributed by atoms with Crippen molar-refractivity contribution >= 4 is 11.8 Å². The Balaban J connectivity index is 2.06. The van der Waals surface area contributed by atoms with E-state index in [0.29, 0.717) is 6.42 Å². The molecule has 1 fully saturated rings. The molecule has 0 aromatic rings. The fourth-order valence-electron chi connectivity index (χ4n) is 3.42. The van der Waals surface area contributed by atoms with E-state index in [-0.39, 0.29) is 42.0 Å². The summed E-state index contributed by atoms with van der Waals surface area (Å²) in [7, 11) is 0. The van der Waals surface area contributed by atoms with Crippen LogP contribution in [-0.2, 0) is 14.3 Å². The molecule has 2 rings (SSSR count). The number of ether oxygens (including phenoxy) is 1. The molecule has 4 nitrogen and oxygen atoms in total. The summed E-state index contributed by atoms with van der Waals surface area (Å²) in [5.74, 6) is -0.339. The quantitative estimate of drug-likeness (QED) is 0.604. The van der Waals surface area contributed by atoms with Crippen LogP contribution in [0.2, 0.25) is 0 Å². The van der Waals surface area contributed by atoms with Crippen LogP contribution in [0.5, 0.6) is 0 Å². The molecule has 1 N–H and O–H groups in total. The van der Waals surface area contributed by atoms with Gasteiger partial charge < -0.3 is 9.84 Å². The maximum Gasteiger partial charge on any atom is 0.310 e. The summed E-state index contributed by atoms with van der Waals surface area (Å²) in [6.07, 6.45) is 3.98. The van der Waals surface area contributed by atoms with Crippen LogP contribution < -0.4 is 0 Å². The van der Waals surface area contributed by atoms with Gasteiger partial charge in [-0.2, -0.15) is 0 Å². The van der Waals surface area contributed by atoms with E-state index in [1.165, 1.54) is 0 Å². The zero-order valence-electron chi connectivity index (χ0n) is 14.4. The molecule has 3 atom stereocenters. The van der Waals surface area contributed by atoms with E-state index in [2.05, 4.69) is 6.58 Å². The summed E-state index contributed by atoms with van der Waals surface area (Å²) < 4.78 is 5.63. The third-order valence-electron chi connectivity index (χ3n) is 5.15. The first-order valence-corrected chi connectivity index (χ1v) is 8.06. The second kappa shape index (κ2) is 6.44. The van der Waals surface area contributed by atoms with E-state index in [9.17, 15) is 9.59 Å². The van der Waals surface area contributed by atoms with Crippen molar-refractivity contribution in [1.82, 2.24) is 0 Å². The lowest BCUT2D eigenvalue weighted by molar-refractivity contribution is -0.150. The molecule has 0 radical (unpaired) electrons. The van der Waals surface area contributed by atoms with E-state index in [1.807, 2.05) is 33.8 Å². The molecule has 23 heavy (non-hydrogen) atoms. The summed E-state index contributed by atoms with van der Waals surface area (Å²) >= 11 is 0. The molecule has 2 aliphatic carbocycles. The van der Waals surface area contributed by atoms with Gasteiger partial charge in [0, 0.05) is 5.57 Å². The zero-order valence-corrected chi connectivity index (χ0v) is 14.4. The van der Waals surface area contributed by atoms with E-state index in [4.69, 9.17) is 9.84 Å². The van der Waals surface area contributed by atoms with Gasteiger partial charge in [-0.05, 0) is 37.2 Å². The minimum atomic E-state index is -0.440. The number of hydrogen-bond acceptors (Lipinski definition) is 4. The molecule has 1 saturated carbocycles. The third kappa shape index (κ3) is 3.32. The first kappa shape index (κ1) is 17.7. The van der Waals surface area contributed by atoms with E-state index >= 15 is 0 Å². The highest BCUT2D eigenvalue weighted by Crippen LogP contribution is 2.60. The molecule has 126 valence electrons. The molecule has 0 aromatic carbocycles. The first-order chi connectivity index (χ1) is 10.7. The maximum absolute atomic E-state index is 12.5. The summed E-state index contributed by atoms with van der Waals surface area (Å²) in [4.78, 5) is 24.5. The molecular formula is C19H26O4. The van der Waals surface area contributed by atoms with Crippen molar-refractivity contribution in [2.45, 2.75) is 46.6 Å². The van der Waals surface area contributed by atoms with Crippen LogP contribution in [0.15, 0.2) is 35.5 Å². The summed E-state index contributed by atoms with van der Waals surface area (Å²) in [6.45, 7) is 11.4. The normalized spacial score (nSPS) is 29.7. The van der Waals surface area contributed by atoms with Gasteiger partial charge in [-0.15, -0.1) is 6.58 Å². The monoisotopic (exact) mass is 318 g/mol. The summed E-state index contributed by atoms with van der Waals surface area (Å²) in [6, 6.07) is 0. The largest absolute Gasteiger partial charge is 0.457 e. The van der Waals surface area contributed by atoms with Crippen molar-refractivity contribution in [3.63, 3.8) is 0 Å². The molecule has 0 spiro atoms. The van der Waals surface area contributed by atoms with E-state index in [0.717, 1.165) is 16.7 Å². The van der Waals surface area contributed by atoms with Gasteiger partial charge in [0.25, 0.3) is 0 Å². The van der Waals surface area contributed by atoms with Gasteiger partial charge in [0.15, 0.2) is 5.78 Å². The Morgan fingerprint density at radius 2 is 2.13 bits per heavy atom. The maximum atomic E-state index is 12.5. The first-order valence-electron chi connectivity index (χ1n) is 8.06. The van der Waals surface area contributed by atoms with Crippen molar-refractivity contribution < 1.29 is 19.4 Å². The number of carbonyl (C=O) groups excluding carboxylic acids is 2. The van der Waals surface area contributed by atoms with Gasteiger partial charge in [0.1, 0.15) is 6.10 Å². The van der Waals surface area contributed by atoms with E-state index < -0.39 is 6.10 Å². The van der Waals surface area contributed by atoms with Crippen molar-refractivity contribution in [3.8, 4) is 0 Å². The minimum absolute atomic E-state index is 0.00175. The number of ketones is 1. The van der Waals surface area contributed by atoms with Crippen molar-refractivity contribution in [2.75, 3.05) is 6.61 Å². The molecule has 4 heteroatoms. The number of carbonyl (C=O) groups is 2. The SMILES string of the molecule is C=CCC1=C(C)[C@@H](OC(=O)[C@@H]2[C@@H](/C=C(/C)CO)C2(C)C)CC1=O. The number of Topliss-reactive ketones (excluding diaryl/α,β-unsaturated/α-hetero) is 1. The Morgan fingerprint density at radius 1 is 1.48 bits per heavy atom. The van der Waals surface area contributed by atoms with Gasteiger partial charge >= 0.3 is 5.97 Å². The molecule has 0 bridgehead atoms. The molecule has 0 aromatic heterocycles. The highest BCUT2D eigenvalue weighted by Gasteiger charge is 2.61. The van der Waals surface area contributed by atoms with Gasteiger partial charge in [-0.3, -0.25) is 9.59 Å². The fraction of sp³-hybridized carbons (Fsp3) is 0.579. The number of rotatable bonds is 6. The van der Waals surface area contributed by atoms with Crippen LogP contribution in [0.1, 0.15) is 40.5 Å². The highest BCUT2D eigenvalue weighted by molar-refractivity contribution is 6.00. The second-order valence-electron chi connectivity index (χ2n) is 7.20. The summed E-state index contributed by atoms with van der Waals surface area (Å²) in [5, 5.41) is 9.14. The fourth-order valence-corrected chi connectivity index (χ4v) is 3.42. The van der Waals surface area contributed by atoms with Crippen LogP contribution >= 0.6 is 0 Å². The number of aliphatic hydroxyl groups excluding tert-OH is 1. The lowest BCUT2D eigenvalue weighted by atomic mass is 10.1. The number of esters is 1. The zero-order chi connectivity index (χ0) is 17.4. The van der Waals surface area contributed by atoms with Gasteiger partial charge in [-0.25, -0.2) is 0 Å². The van der Waals surface area contributed by atoms with Crippen molar-refractivity contribution in [2.24, 2.45) is 17.3 Å². The van der Waals surface area contributed by atoms with Gasteiger partial charge in [0.05, 0.1) is 18.9 Å². The molecule has 2 aliphatic rings. The van der Waals surface area contributed by atoms with Crippen LogP contribution in [-0.4, -0.2) is 29.6 Å². The predicted octanol–water partition coefficient (Wildman–Crippen LogP) is 2.97. The Hall–Kier alpha value is -1.68. The molecular weight excluding hydrogens is 292 g/mol. The van der Waals surface area contributed by atoms with Gasteiger partial charge in [0.2, 0.25) is 0 Å². The Bertz CT molecular complexity index is 594. The Kier molecular flexibility index (Phi) is 4.95. The van der Waals surface area contributed by atoms with Crippen LogP contribution in [0.3, 0.4) is 0 Å². The topological polar surface area (TPSA) is 63.6 Å². The Morgan fingerprint density at radius 3 is 2.70 bits per heavy atom. The molecule has 0 heterocycles. The van der Waals surface area contributed by atoms with Crippen LogP contribution in [0, 0.1) is 17.3 Å². The number of aliphatic hydroxyl groups is 1. The number of allylic oxidation sites excluding steroid dienone is 3. The standard InChI is InChI=1S/C19H26O4/c1-6-7-13-12(3)16(9-15(13)21)23-18(22)17-14(19(17,4)5)8-11(2)10-20/h6,8,14,16-17,20H,1,7,9-10H2,2-5H3/b11-8-/t14-,16+,17+/m1/s1. The molecule has 0 amide bonds.